The van der Waals surface area contributed by atoms with Crippen LogP contribution in [0.5, 0.6) is 0 Å². The molecule has 0 spiro atoms. The highest BCUT2D eigenvalue weighted by atomic mass is 19.1. The van der Waals surface area contributed by atoms with Gasteiger partial charge in [0, 0.05) is 12.5 Å². The van der Waals surface area contributed by atoms with E-state index in [1.54, 1.807) is 20.8 Å². The molecule has 0 radical (unpaired) electrons. The Bertz CT molecular complexity index is 855. The minimum atomic E-state index is -1.04. The molecule has 2 aliphatic rings. The van der Waals surface area contributed by atoms with Crippen LogP contribution in [0.4, 0.5) is 4.39 Å². The molecule has 148 valence electrons. The van der Waals surface area contributed by atoms with Crippen LogP contribution in [0, 0.1) is 18.2 Å². The molecule has 2 aromatic rings. The van der Waals surface area contributed by atoms with Crippen molar-refractivity contribution in [2.45, 2.75) is 84.8 Å². The number of fused-ring (bicyclic) bond motifs is 1. The van der Waals surface area contributed by atoms with Gasteiger partial charge in [-0.25, -0.2) is 9.37 Å². The summed E-state index contributed by atoms with van der Waals surface area (Å²) in [6.07, 6.45) is 6.78. The van der Waals surface area contributed by atoms with Crippen molar-refractivity contribution in [1.82, 2.24) is 9.55 Å². The highest BCUT2D eigenvalue weighted by Gasteiger charge is 2.37. The maximum atomic E-state index is 14.2. The molecule has 2 fully saturated rings. The van der Waals surface area contributed by atoms with Crippen LogP contribution >= 0.6 is 0 Å². The first-order valence-corrected chi connectivity index (χ1v) is 9.90. The van der Waals surface area contributed by atoms with E-state index < -0.39 is 5.60 Å². The number of Topliss-reactive ketones (excluding diaryl/α,β-unsaturated/α-hetero) is 1. The second kappa shape index (κ2) is 7.01. The van der Waals surface area contributed by atoms with E-state index in [4.69, 9.17) is 0 Å². The molecule has 4 nitrogen and oxygen atoms in total. The zero-order valence-corrected chi connectivity index (χ0v) is 17.1. The van der Waals surface area contributed by atoms with Gasteiger partial charge in [-0.15, -0.1) is 0 Å². The van der Waals surface area contributed by atoms with Gasteiger partial charge < -0.3 is 14.5 Å². The summed E-state index contributed by atoms with van der Waals surface area (Å²) in [7, 11) is 0. The van der Waals surface area contributed by atoms with Gasteiger partial charge in [0.15, 0.2) is 5.82 Å². The predicted octanol–water partition coefficient (Wildman–Crippen LogP) is 5.20. The Morgan fingerprint density at radius 2 is 2.00 bits per heavy atom. The highest BCUT2D eigenvalue weighted by Crippen LogP contribution is 2.48. The van der Waals surface area contributed by atoms with Crippen molar-refractivity contribution in [3.05, 3.63) is 29.3 Å². The third kappa shape index (κ3) is 4.40. The maximum absolute atomic E-state index is 14.2. The van der Waals surface area contributed by atoms with Crippen molar-refractivity contribution in [2.24, 2.45) is 5.41 Å². The number of rotatable bonds is 4. The number of carbonyl (C=O) groups is 1. The molecule has 2 aliphatic carbocycles. The van der Waals surface area contributed by atoms with E-state index in [1.165, 1.54) is 25.3 Å². The molecular formula is C22H31FN2O2. The largest absolute Gasteiger partial charge is 0.386 e. The first kappa shape index (κ1) is 20.0. The number of imidazole rings is 1. The lowest BCUT2D eigenvalue weighted by Crippen LogP contribution is -2.19. The Labute approximate surface area is 160 Å². The van der Waals surface area contributed by atoms with Crippen molar-refractivity contribution < 1.29 is 14.3 Å². The van der Waals surface area contributed by atoms with E-state index in [0.717, 1.165) is 30.6 Å². The molecule has 0 amide bonds. The Morgan fingerprint density at radius 3 is 2.41 bits per heavy atom. The van der Waals surface area contributed by atoms with Gasteiger partial charge in [0.25, 0.3) is 0 Å². The number of aliphatic hydroxyl groups is 1. The number of ketones is 1. The van der Waals surface area contributed by atoms with E-state index in [1.807, 2.05) is 13.0 Å². The minimum Gasteiger partial charge on any atom is -0.386 e. The molecule has 0 saturated heterocycles. The van der Waals surface area contributed by atoms with Crippen molar-refractivity contribution >= 4 is 16.8 Å². The monoisotopic (exact) mass is 374 g/mol. The highest BCUT2D eigenvalue weighted by molar-refractivity contribution is 5.78. The van der Waals surface area contributed by atoms with Crippen LogP contribution in [-0.2, 0) is 10.4 Å². The van der Waals surface area contributed by atoms with Gasteiger partial charge in [0.1, 0.15) is 17.1 Å². The van der Waals surface area contributed by atoms with Crippen molar-refractivity contribution in [1.29, 1.82) is 0 Å². The molecule has 27 heavy (non-hydrogen) atoms. The fourth-order valence-corrected chi connectivity index (χ4v) is 3.72. The molecule has 0 atom stereocenters. The molecule has 1 aromatic carbocycles. The molecule has 0 bridgehead atoms. The van der Waals surface area contributed by atoms with Gasteiger partial charge in [0.05, 0.1) is 11.1 Å². The summed E-state index contributed by atoms with van der Waals surface area (Å²) in [6, 6.07) is 3.69. The third-order valence-electron chi connectivity index (χ3n) is 5.85. The van der Waals surface area contributed by atoms with Crippen molar-refractivity contribution in [3.8, 4) is 0 Å². The zero-order valence-electron chi connectivity index (χ0n) is 17.1. The van der Waals surface area contributed by atoms with Crippen LogP contribution in [0.25, 0.3) is 11.0 Å². The van der Waals surface area contributed by atoms with Crippen molar-refractivity contribution in [3.63, 3.8) is 0 Å². The summed E-state index contributed by atoms with van der Waals surface area (Å²) in [5.41, 5.74) is 1.19. The minimum absolute atomic E-state index is 0.338. The molecule has 4 rings (SSSR count). The van der Waals surface area contributed by atoms with Gasteiger partial charge in [-0.05, 0) is 82.9 Å². The number of nitrogens with zero attached hydrogens (tertiary/aromatic N) is 2. The zero-order chi connectivity index (χ0) is 20.0. The number of aromatic nitrogens is 2. The van der Waals surface area contributed by atoms with Gasteiger partial charge in [-0.3, -0.25) is 0 Å². The smallest absolute Gasteiger partial charge is 0.151 e. The molecular weight excluding hydrogens is 343 g/mol. The summed E-state index contributed by atoms with van der Waals surface area (Å²) in [4.78, 5) is 14.8. The van der Waals surface area contributed by atoms with Crippen molar-refractivity contribution in [2.75, 3.05) is 0 Å². The van der Waals surface area contributed by atoms with E-state index >= 15 is 0 Å². The summed E-state index contributed by atoms with van der Waals surface area (Å²) in [5.74, 6) is 0.840. The second-order valence-corrected chi connectivity index (χ2v) is 9.19. The number of hydrogen-bond acceptors (Lipinski definition) is 3. The summed E-state index contributed by atoms with van der Waals surface area (Å²) in [5, 5.41) is 10.1. The number of benzene rings is 1. The quantitative estimate of drug-likeness (QED) is 0.800. The number of hydrogen-bond donors (Lipinski definition) is 1. The fraction of sp³-hybridized carbons (Fsp3) is 0.636. The van der Waals surface area contributed by atoms with Gasteiger partial charge in [0.2, 0.25) is 0 Å². The molecule has 1 heterocycles. The van der Waals surface area contributed by atoms with E-state index in [2.05, 4.69) is 16.5 Å². The van der Waals surface area contributed by atoms with E-state index in [9.17, 15) is 14.3 Å². The predicted molar refractivity (Wildman–Crippen MR) is 105 cm³/mol. The lowest BCUT2D eigenvalue weighted by atomic mass is 9.92. The van der Waals surface area contributed by atoms with Gasteiger partial charge in [-0.2, -0.15) is 0 Å². The second-order valence-electron chi connectivity index (χ2n) is 9.19. The van der Waals surface area contributed by atoms with Crippen LogP contribution < -0.4 is 0 Å². The van der Waals surface area contributed by atoms with E-state index in [-0.39, 0.29) is 5.82 Å². The Kier molecular flexibility index (Phi) is 5.19. The van der Waals surface area contributed by atoms with Gasteiger partial charge in [-0.1, -0.05) is 6.92 Å². The van der Waals surface area contributed by atoms with Crippen LogP contribution in [-0.4, -0.2) is 20.4 Å². The Morgan fingerprint density at radius 1 is 1.37 bits per heavy atom. The molecule has 2 saturated carbocycles. The Balaban J connectivity index is 0.000000221. The average molecular weight is 375 g/mol. The van der Waals surface area contributed by atoms with Crippen LogP contribution in [0.2, 0.25) is 0 Å². The average Bonchev–Trinajstić information content (AvgIpc) is 3.10. The molecule has 0 unspecified atom stereocenters. The number of halogens is 1. The lowest BCUT2D eigenvalue weighted by molar-refractivity contribution is -0.118. The fourth-order valence-electron chi connectivity index (χ4n) is 3.72. The number of carbonyl (C=O) groups excluding carboxylic acids is 1. The summed E-state index contributed by atoms with van der Waals surface area (Å²) >= 11 is 0. The number of aryl methyl sites for hydroxylation is 1. The van der Waals surface area contributed by atoms with Crippen LogP contribution in [0.15, 0.2) is 12.1 Å². The molecule has 5 heteroatoms. The first-order chi connectivity index (χ1) is 12.5. The maximum Gasteiger partial charge on any atom is 0.151 e. The summed E-state index contributed by atoms with van der Waals surface area (Å²) < 4.78 is 16.3. The van der Waals surface area contributed by atoms with E-state index in [0.29, 0.717) is 28.3 Å². The first-order valence-electron chi connectivity index (χ1n) is 9.90. The molecule has 1 aromatic heterocycles. The Hall–Kier alpha value is -1.75. The SMILES string of the molecule is CC(=O)CC1(C)CC1.Cc1nc2c(F)cc(C(C)(C)O)cc2n1C1CCC1. The van der Waals surface area contributed by atoms with Crippen LogP contribution in [0.3, 0.4) is 0 Å². The normalized spacial score (nSPS) is 18.6. The third-order valence-corrected chi connectivity index (χ3v) is 5.85. The topological polar surface area (TPSA) is 55.1 Å². The molecule has 0 aliphatic heterocycles. The standard InChI is InChI=1S/C15H19FN2O.C7H12O/c1-9-17-14-12(16)7-10(15(2,3)19)8-13(14)18(9)11-5-4-6-11;1-6(8)5-7(2)3-4-7/h7-8,11,19H,4-6H2,1-3H3;3-5H2,1-2H3. The lowest BCUT2D eigenvalue weighted by Gasteiger charge is -2.29. The molecule has 1 N–H and O–H groups in total. The summed E-state index contributed by atoms with van der Waals surface area (Å²) in [6.45, 7) is 9.11. The van der Waals surface area contributed by atoms with Gasteiger partial charge >= 0.3 is 0 Å². The van der Waals surface area contributed by atoms with Crippen LogP contribution in [0.1, 0.15) is 83.6 Å².